The van der Waals surface area contributed by atoms with Crippen molar-refractivity contribution in [3.8, 4) is 0 Å². The highest BCUT2D eigenvalue weighted by atomic mass is 19.4. The van der Waals surface area contributed by atoms with E-state index in [9.17, 15) is 18.3 Å². The van der Waals surface area contributed by atoms with Crippen LogP contribution in [0.2, 0.25) is 0 Å². The Morgan fingerprint density at radius 2 is 1.69 bits per heavy atom. The molecule has 26 heavy (non-hydrogen) atoms. The fraction of sp³-hybridized carbons (Fsp3) is 0.400. The highest BCUT2D eigenvalue weighted by molar-refractivity contribution is 5.27. The lowest BCUT2D eigenvalue weighted by atomic mass is 10.0. The summed E-state index contributed by atoms with van der Waals surface area (Å²) in [4.78, 5) is 0. The molecule has 0 spiro atoms. The summed E-state index contributed by atoms with van der Waals surface area (Å²) in [5, 5.41) is 22.3. The van der Waals surface area contributed by atoms with Gasteiger partial charge in [0, 0.05) is 12.6 Å². The molecule has 0 saturated heterocycles. The molecule has 142 valence electrons. The summed E-state index contributed by atoms with van der Waals surface area (Å²) >= 11 is 0. The van der Waals surface area contributed by atoms with Gasteiger partial charge in [0.25, 0.3) is 0 Å². The first-order valence-electron chi connectivity index (χ1n) is 8.57. The van der Waals surface area contributed by atoms with Gasteiger partial charge in [-0.2, -0.15) is 13.2 Å². The third-order valence-corrected chi connectivity index (χ3v) is 4.33. The van der Waals surface area contributed by atoms with Crippen molar-refractivity contribution in [1.82, 2.24) is 5.32 Å². The third-order valence-electron chi connectivity index (χ3n) is 4.33. The number of hydrogen-bond donors (Lipinski definition) is 3. The summed E-state index contributed by atoms with van der Waals surface area (Å²) in [5.74, 6) is 0. The molecule has 6 heteroatoms. The van der Waals surface area contributed by atoms with Crippen LogP contribution >= 0.6 is 0 Å². The van der Waals surface area contributed by atoms with Gasteiger partial charge in [-0.3, -0.25) is 0 Å². The molecule has 3 N–H and O–H groups in total. The molecule has 0 aliphatic carbocycles. The smallest absolute Gasteiger partial charge is 0.392 e. The molecule has 2 aromatic carbocycles. The Labute approximate surface area is 151 Å². The van der Waals surface area contributed by atoms with Crippen LogP contribution in [0.4, 0.5) is 13.2 Å². The third kappa shape index (κ3) is 6.12. The molecule has 0 aromatic heterocycles. The minimum Gasteiger partial charge on any atom is -0.392 e. The molecule has 0 amide bonds. The molecule has 3 nitrogen and oxygen atoms in total. The maximum absolute atomic E-state index is 12.7. The Kier molecular flexibility index (Phi) is 7.20. The Morgan fingerprint density at radius 1 is 1.04 bits per heavy atom. The van der Waals surface area contributed by atoms with E-state index in [2.05, 4.69) is 5.32 Å². The molecule has 2 atom stereocenters. The van der Waals surface area contributed by atoms with E-state index in [1.807, 2.05) is 31.2 Å². The number of alkyl halides is 3. The monoisotopic (exact) mass is 367 g/mol. The van der Waals surface area contributed by atoms with E-state index in [1.165, 1.54) is 12.1 Å². The van der Waals surface area contributed by atoms with Crippen LogP contribution in [0, 0.1) is 0 Å². The lowest BCUT2D eigenvalue weighted by Crippen LogP contribution is -2.30. The van der Waals surface area contributed by atoms with Crippen molar-refractivity contribution in [2.24, 2.45) is 0 Å². The standard InChI is InChI=1S/C20H24F3NO2/c1-14(5-6-15-7-9-16(13-25)10-8-15)24-12-19(26)17-3-2-4-18(11-17)20(21,22)23/h2-4,7-11,14,19,24-26H,5-6,12-13H2,1H3. The van der Waals surface area contributed by atoms with Gasteiger partial charge >= 0.3 is 6.18 Å². The maximum atomic E-state index is 12.7. The second-order valence-electron chi connectivity index (χ2n) is 6.46. The predicted octanol–water partition coefficient (Wildman–Crippen LogP) is 3.84. The first-order chi connectivity index (χ1) is 12.3. The van der Waals surface area contributed by atoms with Gasteiger partial charge in [-0.1, -0.05) is 36.4 Å². The predicted molar refractivity (Wildman–Crippen MR) is 94.6 cm³/mol. The van der Waals surface area contributed by atoms with E-state index in [0.717, 1.165) is 36.1 Å². The van der Waals surface area contributed by atoms with Crippen molar-refractivity contribution < 1.29 is 23.4 Å². The molecule has 0 saturated carbocycles. The number of aliphatic hydroxyl groups is 2. The van der Waals surface area contributed by atoms with E-state index in [1.54, 1.807) is 0 Å². The van der Waals surface area contributed by atoms with Gasteiger partial charge in [0.05, 0.1) is 18.3 Å². The zero-order valence-corrected chi connectivity index (χ0v) is 14.6. The minimum absolute atomic E-state index is 0.0195. The van der Waals surface area contributed by atoms with Crippen molar-refractivity contribution in [1.29, 1.82) is 0 Å². The Hall–Kier alpha value is -1.89. The zero-order valence-electron chi connectivity index (χ0n) is 14.6. The van der Waals surface area contributed by atoms with Crippen molar-refractivity contribution in [2.45, 2.75) is 44.7 Å². The molecule has 0 aliphatic heterocycles. The van der Waals surface area contributed by atoms with Gasteiger partial charge in [-0.05, 0) is 48.6 Å². The Bertz CT molecular complexity index is 686. The molecule has 2 aromatic rings. The van der Waals surface area contributed by atoms with Crippen LogP contribution in [-0.4, -0.2) is 22.8 Å². The van der Waals surface area contributed by atoms with E-state index in [0.29, 0.717) is 0 Å². The summed E-state index contributed by atoms with van der Waals surface area (Å²) < 4.78 is 38.2. The van der Waals surface area contributed by atoms with E-state index in [4.69, 9.17) is 5.11 Å². The van der Waals surface area contributed by atoms with Gasteiger partial charge in [-0.15, -0.1) is 0 Å². The molecule has 2 rings (SSSR count). The largest absolute Gasteiger partial charge is 0.416 e. The lowest BCUT2D eigenvalue weighted by molar-refractivity contribution is -0.137. The lowest BCUT2D eigenvalue weighted by Gasteiger charge is -2.18. The van der Waals surface area contributed by atoms with Gasteiger partial charge in [0.1, 0.15) is 0 Å². The Balaban J connectivity index is 1.81. The second kappa shape index (κ2) is 9.16. The molecular formula is C20H24F3NO2. The van der Waals surface area contributed by atoms with Crippen LogP contribution < -0.4 is 5.32 Å². The van der Waals surface area contributed by atoms with Gasteiger partial charge in [0.15, 0.2) is 0 Å². The van der Waals surface area contributed by atoms with Gasteiger partial charge in [0.2, 0.25) is 0 Å². The number of hydrogen-bond acceptors (Lipinski definition) is 3. The van der Waals surface area contributed by atoms with E-state index < -0.39 is 17.8 Å². The fourth-order valence-electron chi connectivity index (χ4n) is 2.65. The topological polar surface area (TPSA) is 52.5 Å². The molecule has 2 unspecified atom stereocenters. The molecule has 0 aliphatic rings. The van der Waals surface area contributed by atoms with E-state index in [-0.39, 0.29) is 24.8 Å². The summed E-state index contributed by atoms with van der Waals surface area (Å²) in [6.07, 6.45) is -3.75. The van der Waals surface area contributed by atoms with E-state index >= 15 is 0 Å². The van der Waals surface area contributed by atoms with Crippen molar-refractivity contribution in [3.63, 3.8) is 0 Å². The normalized spacial score (nSPS) is 14.2. The van der Waals surface area contributed by atoms with Crippen LogP contribution in [0.25, 0.3) is 0 Å². The van der Waals surface area contributed by atoms with Crippen LogP contribution in [0.3, 0.4) is 0 Å². The zero-order chi connectivity index (χ0) is 19.2. The molecule has 0 bridgehead atoms. The number of aliphatic hydroxyl groups excluding tert-OH is 2. The van der Waals surface area contributed by atoms with Crippen LogP contribution in [0.5, 0.6) is 0 Å². The highest BCUT2D eigenvalue weighted by Crippen LogP contribution is 2.30. The average Bonchev–Trinajstić information content (AvgIpc) is 2.64. The van der Waals surface area contributed by atoms with Crippen molar-refractivity contribution in [3.05, 3.63) is 70.8 Å². The molecule has 0 heterocycles. The first kappa shape index (κ1) is 20.4. The van der Waals surface area contributed by atoms with Crippen LogP contribution in [0.15, 0.2) is 48.5 Å². The highest BCUT2D eigenvalue weighted by Gasteiger charge is 2.30. The van der Waals surface area contributed by atoms with Crippen LogP contribution in [-0.2, 0) is 19.2 Å². The average molecular weight is 367 g/mol. The summed E-state index contributed by atoms with van der Waals surface area (Å²) in [6, 6.07) is 12.6. The number of rotatable bonds is 8. The van der Waals surface area contributed by atoms with Crippen molar-refractivity contribution >= 4 is 0 Å². The SMILES string of the molecule is CC(CCc1ccc(CO)cc1)NCC(O)c1cccc(C(F)(F)F)c1. The summed E-state index contributed by atoms with van der Waals surface area (Å²) in [5.41, 5.74) is 1.51. The molecule has 0 fully saturated rings. The quantitative estimate of drug-likeness (QED) is 0.664. The fourth-order valence-corrected chi connectivity index (χ4v) is 2.65. The van der Waals surface area contributed by atoms with Crippen LogP contribution in [0.1, 0.15) is 41.7 Å². The first-order valence-corrected chi connectivity index (χ1v) is 8.57. The minimum atomic E-state index is -4.41. The van der Waals surface area contributed by atoms with Gasteiger partial charge < -0.3 is 15.5 Å². The number of halogens is 3. The number of nitrogens with one attached hydrogen (secondary N) is 1. The van der Waals surface area contributed by atoms with Gasteiger partial charge in [-0.25, -0.2) is 0 Å². The maximum Gasteiger partial charge on any atom is 0.416 e. The second-order valence-corrected chi connectivity index (χ2v) is 6.46. The number of benzene rings is 2. The van der Waals surface area contributed by atoms with Crippen molar-refractivity contribution in [2.75, 3.05) is 6.54 Å². The summed E-state index contributed by atoms with van der Waals surface area (Å²) in [6.45, 7) is 2.18. The molecule has 0 radical (unpaired) electrons. The number of aryl methyl sites for hydroxylation is 1. The Morgan fingerprint density at radius 3 is 2.31 bits per heavy atom. The molecular weight excluding hydrogens is 343 g/mol. The summed E-state index contributed by atoms with van der Waals surface area (Å²) in [7, 11) is 0.